The maximum absolute atomic E-state index is 12.9. The number of carbonyl (C=O) groups is 1. The Morgan fingerprint density at radius 1 is 0.889 bits per heavy atom. The zero-order valence-electron chi connectivity index (χ0n) is 15.3. The second-order valence-electron chi connectivity index (χ2n) is 7.20. The number of aryl methyl sites for hydroxylation is 1. The summed E-state index contributed by atoms with van der Waals surface area (Å²) in [5.74, 6) is -0.225. The second kappa shape index (κ2) is 7.35. The number of rotatable bonds is 4. The fourth-order valence-electron chi connectivity index (χ4n) is 3.98. The molecule has 0 unspecified atom stereocenters. The van der Waals surface area contributed by atoms with Crippen LogP contribution in [0.25, 0.3) is 0 Å². The first-order chi connectivity index (χ1) is 13.0. The molecule has 4 rings (SSSR count). The molecule has 0 spiro atoms. The molecule has 2 heterocycles. The molecule has 142 valence electrons. The van der Waals surface area contributed by atoms with Crippen LogP contribution in [0.1, 0.15) is 29.5 Å². The molecule has 0 radical (unpaired) electrons. The van der Waals surface area contributed by atoms with Gasteiger partial charge in [-0.15, -0.1) is 0 Å². The predicted octanol–water partition coefficient (Wildman–Crippen LogP) is 2.74. The SMILES string of the molecule is O=C(CCS(=O)(=O)N1CCCc2ccccc21)N1CCc2ccccc2C1. The molecule has 2 aromatic rings. The van der Waals surface area contributed by atoms with Gasteiger partial charge in [0.25, 0.3) is 0 Å². The summed E-state index contributed by atoms with van der Waals surface area (Å²) in [6, 6.07) is 15.8. The lowest BCUT2D eigenvalue weighted by atomic mass is 10.00. The summed E-state index contributed by atoms with van der Waals surface area (Å²) in [4.78, 5) is 14.4. The number of anilines is 1. The van der Waals surface area contributed by atoms with E-state index in [4.69, 9.17) is 0 Å². The summed E-state index contributed by atoms with van der Waals surface area (Å²) in [7, 11) is -3.51. The van der Waals surface area contributed by atoms with Crippen molar-refractivity contribution in [1.29, 1.82) is 0 Å². The van der Waals surface area contributed by atoms with E-state index in [1.807, 2.05) is 42.5 Å². The Labute approximate surface area is 160 Å². The molecule has 1 amide bonds. The molecule has 2 aromatic carbocycles. The molecule has 0 aromatic heterocycles. The Morgan fingerprint density at radius 3 is 2.41 bits per heavy atom. The van der Waals surface area contributed by atoms with Gasteiger partial charge in [0.1, 0.15) is 0 Å². The summed E-state index contributed by atoms with van der Waals surface area (Å²) in [5, 5.41) is 0. The van der Waals surface area contributed by atoms with Gasteiger partial charge >= 0.3 is 0 Å². The Balaban J connectivity index is 1.42. The monoisotopic (exact) mass is 384 g/mol. The molecule has 0 saturated carbocycles. The number of hydrogen-bond donors (Lipinski definition) is 0. The van der Waals surface area contributed by atoms with Crippen molar-refractivity contribution < 1.29 is 13.2 Å². The highest BCUT2D eigenvalue weighted by atomic mass is 32.2. The maximum Gasteiger partial charge on any atom is 0.235 e. The van der Waals surface area contributed by atoms with Crippen molar-refractivity contribution in [2.45, 2.75) is 32.2 Å². The van der Waals surface area contributed by atoms with E-state index in [0.717, 1.165) is 36.1 Å². The minimum absolute atomic E-state index is 0.0309. The zero-order chi connectivity index (χ0) is 18.9. The van der Waals surface area contributed by atoms with Crippen molar-refractivity contribution in [1.82, 2.24) is 4.90 Å². The maximum atomic E-state index is 12.9. The number of nitrogens with zero attached hydrogens (tertiary/aromatic N) is 2. The van der Waals surface area contributed by atoms with E-state index in [0.29, 0.717) is 19.6 Å². The van der Waals surface area contributed by atoms with E-state index in [9.17, 15) is 13.2 Å². The first kappa shape index (κ1) is 18.0. The van der Waals surface area contributed by atoms with Crippen LogP contribution >= 0.6 is 0 Å². The molecule has 0 saturated heterocycles. The number of amides is 1. The Kier molecular flexibility index (Phi) is 4.91. The predicted molar refractivity (Wildman–Crippen MR) is 106 cm³/mol. The van der Waals surface area contributed by atoms with Crippen LogP contribution in [0.5, 0.6) is 0 Å². The lowest BCUT2D eigenvalue weighted by Crippen LogP contribution is -2.40. The second-order valence-corrected chi connectivity index (χ2v) is 9.22. The molecular weight excluding hydrogens is 360 g/mol. The van der Waals surface area contributed by atoms with Crippen LogP contribution in [-0.2, 0) is 34.2 Å². The van der Waals surface area contributed by atoms with E-state index in [2.05, 4.69) is 6.07 Å². The van der Waals surface area contributed by atoms with Crippen molar-refractivity contribution in [2.24, 2.45) is 0 Å². The fraction of sp³-hybridized carbons (Fsp3) is 0.381. The standard InChI is InChI=1S/C21H24N2O3S/c24-21(22-14-11-17-6-1-2-8-19(17)16-22)12-15-27(25,26)23-13-5-9-18-7-3-4-10-20(18)23/h1-4,6-8,10H,5,9,11-16H2. The number of benzene rings is 2. The minimum atomic E-state index is -3.51. The molecule has 0 fully saturated rings. The largest absolute Gasteiger partial charge is 0.338 e. The number of para-hydroxylation sites is 1. The summed E-state index contributed by atoms with van der Waals surface area (Å²) in [6.45, 7) is 1.72. The first-order valence-corrected chi connectivity index (χ1v) is 11.1. The summed E-state index contributed by atoms with van der Waals surface area (Å²) in [6.07, 6.45) is 2.57. The number of sulfonamides is 1. The minimum Gasteiger partial charge on any atom is -0.338 e. The van der Waals surface area contributed by atoms with Crippen LogP contribution in [0.4, 0.5) is 5.69 Å². The van der Waals surface area contributed by atoms with Gasteiger partial charge in [-0.2, -0.15) is 0 Å². The van der Waals surface area contributed by atoms with E-state index in [1.54, 1.807) is 4.90 Å². The van der Waals surface area contributed by atoms with Crippen LogP contribution in [0.15, 0.2) is 48.5 Å². The molecule has 0 bridgehead atoms. The number of fused-ring (bicyclic) bond motifs is 2. The van der Waals surface area contributed by atoms with E-state index >= 15 is 0 Å². The molecule has 27 heavy (non-hydrogen) atoms. The van der Waals surface area contributed by atoms with Gasteiger partial charge in [0, 0.05) is 26.1 Å². The van der Waals surface area contributed by atoms with Crippen molar-refractivity contribution in [2.75, 3.05) is 23.1 Å². The molecule has 0 atom stereocenters. The zero-order valence-corrected chi connectivity index (χ0v) is 16.1. The molecule has 2 aliphatic heterocycles. The highest BCUT2D eigenvalue weighted by Gasteiger charge is 2.29. The lowest BCUT2D eigenvalue weighted by Gasteiger charge is -2.31. The first-order valence-electron chi connectivity index (χ1n) is 9.47. The van der Waals surface area contributed by atoms with E-state index in [1.165, 1.54) is 9.87 Å². The highest BCUT2D eigenvalue weighted by molar-refractivity contribution is 7.92. The van der Waals surface area contributed by atoms with Crippen LogP contribution in [0.2, 0.25) is 0 Å². The van der Waals surface area contributed by atoms with Gasteiger partial charge in [-0.25, -0.2) is 8.42 Å². The van der Waals surface area contributed by atoms with Gasteiger partial charge in [0.05, 0.1) is 11.4 Å². The van der Waals surface area contributed by atoms with Crippen LogP contribution in [0.3, 0.4) is 0 Å². The van der Waals surface area contributed by atoms with Gasteiger partial charge in [-0.1, -0.05) is 42.5 Å². The third-order valence-electron chi connectivity index (χ3n) is 5.46. The molecule has 2 aliphatic rings. The normalized spacial score (nSPS) is 16.6. The van der Waals surface area contributed by atoms with Crippen LogP contribution in [0, 0.1) is 0 Å². The fourth-order valence-corrected chi connectivity index (χ4v) is 5.52. The van der Waals surface area contributed by atoms with Gasteiger partial charge in [-0.05, 0) is 42.0 Å². The molecule has 0 aliphatic carbocycles. The number of hydrogen-bond acceptors (Lipinski definition) is 3. The van der Waals surface area contributed by atoms with Crippen LogP contribution in [-0.4, -0.2) is 38.1 Å². The number of carbonyl (C=O) groups excluding carboxylic acids is 1. The van der Waals surface area contributed by atoms with Gasteiger partial charge in [0.15, 0.2) is 0 Å². The van der Waals surface area contributed by atoms with E-state index < -0.39 is 10.0 Å². The summed E-state index contributed by atoms with van der Waals surface area (Å²) in [5.41, 5.74) is 4.26. The van der Waals surface area contributed by atoms with E-state index in [-0.39, 0.29) is 18.1 Å². The summed E-state index contributed by atoms with van der Waals surface area (Å²) >= 11 is 0. The Bertz CT molecular complexity index is 955. The molecule has 5 nitrogen and oxygen atoms in total. The average Bonchev–Trinajstić information content (AvgIpc) is 2.71. The molecule has 6 heteroatoms. The van der Waals surface area contributed by atoms with Crippen molar-refractivity contribution in [3.63, 3.8) is 0 Å². The van der Waals surface area contributed by atoms with Gasteiger partial charge in [-0.3, -0.25) is 9.10 Å². The smallest absolute Gasteiger partial charge is 0.235 e. The molecular formula is C21H24N2O3S. The van der Waals surface area contributed by atoms with Crippen molar-refractivity contribution in [3.05, 3.63) is 65.2 Å². The third kappa shape index (κ3) is 3.72. The van der Waals surface area contributed by atoms with Crippen molar-refractivity contribution in [3.8, 4) is 0 Å². The summed E-state index contributed by atoms with van der Waals surface area (Å²) < 4.78 is 27.3. The van der Waals surface area contributed by atoms with Crippen LogP contribution < -0.4 is 4.31 Å². The lowest BCUT2D eigenvalue weighted by molar-refractivity contribution is -0.131. The average molecular weight is 385 g/mol. The topological polar surface area (TPSA) is 57.7 Å². The van der Waals surface area contributed by atoms with Gasteiger partial charge in [0.2, 0.25) is 15.9 Å². The van der Waals surface area contributed by atoms with Crippen molar-refractivity contribution >= 4 is 21.6 Å². The third-order valence-corrected chi connectivity index (χ3v) is 7.23. The van der Waals surface area contributed by atoms with Gasteiger partial charge < -0.3 is 4.90 Å². The Hall–Kier alpha value is -2.34. The quantitative estimate of drug-likeness (QED) is 0.814. The Morgan fingerprint density at radius 2 is 1.59 bits per heavy atom. The molecule has 0 N–H and O–H groups in total. The highest BCUT2D eigenvalue weighted by Crippen LogP contribution is 2.29.